The summed E-state index contributed by atoms with van der Waals surface area (Å²) in [6, 6.07) is 9.36. The van der Waals surface area contributed by atoms with Crippen LogP contribution in [0.3, 0.4) is 0 Å². The van der Waals surface area contributed by atoms with E-state index in [1.807, 2.05) is 48.4 Å². The Morgan fingerprint density at radius 3 is 0.977 bits per heavy atom. The molecule has 0 aliphatic rings. The average Bonchev–Trinajstić information content (AvgIpc) is 3.35. The molecule has 0 heterocycles. The topological polar surface area (TPSA) is 435 Å². The third-order valence-corrected chi connectivity index (χ3v) is 15.3. The molecule has 0 aliphatic carbocycles. The van der Waals surface area contributed by atoms with Crippen molar-refractivity contribution in [2.24, 2.45) is 41.4 Å². The van der Waals surface area contributed by atoms with Crippen molar-refractivity contribution in [1.29, 1.82) is 0 Å². The number of amides is 2. The molecule has 2 amide bonds. The third kappa shape index (κ3) is 85.2. The number of carbonyl (C=O) groups excluding carboxylic acids is 10. The molecule has 0 aromatic heterocycles. The summed E-state index contributed by atoms with van der Waals surface area (Å²) in [5.74, 6) is -6.87. The number of allylic oxidation sites excluding steroid dienone is 1. The van der Waals surface area contributed by atoms with Gasteiger partial charge in [-0.15, -0.1) is 0 Å². The number of nitrogens with one attached hydrogen (secondary N) is 2. The molecule has 1 aromatic rings. The molecular weight excluding hydrogens is 1370 g/mol. The van der Waals surface area contributed by atoms with Crippen molar-refractivity contribution in [3.8, 4) is 0 Å². The molecule has 0 fully saturated rings. The van der Waals surface area contributed by atoms with Gasteiger partial charge in [-0.05, 0) is 98.5 Å². The molecular formula is C56H99IN2O24S5. The molecule has 6 unspecified atom stereocenters. The lowest BCUT2D eigenvalue weighted by atomic mass is 10.0. The molecule has 5 N–H and O–H groups in total. The maximum absolute atomic E-state index is 11.5. The van der Waals surface area contributed by atoms with E-state index in [-0.39, 0.29) is 88.4 Å². The fourth-order valence-electron chi connectivity index (χ4n) is 4.31. The van der Waals surface area contributed by atoms with Gasteiger partial charge in [0.1, 0.15) is 85.7 Å². The van der Waals surface area contributed by atoms with Crippen molar-refractivity contribution >= 4 is 144 Å². The lowest BCUT2D eigenvalue weighted by Gasteiger charge is -2.11. The Hall–Kier alpha value is -5.00. The Morgan fingerprint density at radius 2 is 0.807 bits per heavy atom. The van der Waals surface area contributed by atoms with E-state index in [1.54, 1.807) is 46.4 Å². The average molecular weight is 1470 g/mol. The summed E-state index contributed by atoms with van der Waals surface area (Å²) in [6.07, 6.45) is 6.38. The number of hydroxylamine groups is 2. The summed E-state index contributed by atoms with van der Waals surface area (Å²) < 4.78 is 85.4. The van der Waals surface area contributed by atoms with Crippen LogP contribution in [0.5, 0.6) is 0 Å². The second kappa shape index (κ2) is 56.0. The van der Waals surface area contributed by atoms with Crippen LogP contribution in [0.25, 0.3) is 0 Å². The van der Waals surface area contributed by atoms with Crippen molar-refractivity contribution in [3.05, 3.63) is 48.0 Å². The van der Waals surface area contributed by atoms with Gasteiger partial charge in [0.25, 0.3) is 0 Å². The van der Waals surface area contributed by atoms with Crippen molar-refractivity contribution in [3.63, 3.8) is 0 Å². The molecule has 0 saturated carbocycles. The highest BCUT2D eigenvalue weighted by Crippen LogP contribution is 2.06. The van der Waals surface area contributed by atoms with E-state index >= 15 is 0 Å². The number of hydrogen-bond donors (Lipinski definition) is 5. The molecule has 0 saturated heterocycles. The number of hydrogen-bond acceptors (Lipinski definition) is 23. The van der Waals surface area contributed by atoms with Crippen LogP contribution in [0.15, 0.2) is 42.5 Å². The van der Waals surface area contributed by atoms with Crippen molar-refractivity contribution in [2.45, 2.75) is 124 Å². The molecule has 0 radical (unpaired) electrons. The lowest BCUT2D eigenvalue weighted by Crippen LogP contribution is -2.32. The highest BCUT2D eigenvalue weighted by Gasteiger charge is 2.20. The zero-order valence-corrected chi connectivity index (χ0v) is 61.2. The number of ketones is 8. The predicted octanol–water partition coefficient (Wildman–Crippen LogP) is 5.52. The quantitative estimate of drug-likeness (QED) is 0.0201. The molecule has 32 heteroatoms. The van der Waals surface area contributed by atoms with Gasteiger partial charge >= 0.3 is 11.9 Å². The van der Waals surface area contributed by atoms with Crippen LogP contribution in [-0.4, -0.2) is 184 Å². The van der Waals surface area contributed by atoms with Crippen LogP contribution in [0.1, 0.15) is 123 Å². The Morgan fingerprint density at radius 1 is 0.500 bits per heavy atom. The standard InChI is InChI=1S/C12H17NO4S.C6H12O3S.C6H10O2.C6H12OS.C5H11NO4S.C5H10O4S.C5H8O3.C5H8O2.C5H8O.CH3I/c1-10(9-18(2,15)16)12(14)13-17-8-11-6-4-3-5-7-11;1-5(6(2)7)4-10(3,8)9;1-4(5(2)7)6(3)8;1-5(4-8-3)6(2)7;1-4(5(7)6-8)3-11(2,9)10;1-4(5(6)7)3-10(2,8)9;1-3(4(2)6)5(7)8;1-4(6)3-5(2)7;1-4(2)5(3)6;1-2/h3-7,10H,8-9H2,1-2H3,(H,13,14);5H,4H2,1-3H3;4H,1-3H3;5H,4H2,1-3H3;4,8H,3H2,1-2H3,(H,6,7);4H,3H2,1-2H3,(H,6,7);3H,1-2H3,(H,7,8);3H2,1-2H3;1H2,2-3H3;1H3. The number of halogens is 1. The van der Waals surface area contributed by atoms with Crippen LogP contribution >= 0.6 is 34.4 Å². The van der Waals surface area contributed by atoms with Gasteiger partial charge in [0.05, 0.1) is 59.7 Å². The zero-order chi connectivity index (χ0) is 72.4. The minimum atomic E-state index is -3.16. The Bertz CT molecular complexity index is 2660. The lowest BCUT2D eigenvalue weighted by molar-refractivity contribution is -0.145. The molecule has 26 nitrogen and oxygen atoms in total. The van der Waals surface area contributed by atoms with Gasteiger partial charge in [-0.1, -0.05) is 94.1 Å². The number of carboxylic acid groups (broad SMARTS) is 2. The summed E-state index contributed by atoms with van der Waals surface area (Å²) >= 11 is 3.87. The van der Waals surface area contributed by atoms with E-state index in [2.05, 4.69) is 34.6 Å². The van der Waals surface area contributed by atoms with Crippen LogP contribution in [0, 0.1) is 41.4 Å². The number of alkyl halides is 1. The van der Waals surface area contributed by atoms with E-state index in [0.717, 1.165) is 36.3 Å². The number of benzene rings is 1. The predicted molar refractivity (Wildman–Crippen MR) is 351 cm³/mol. The number of thioether (sulfide) groups is 1. The highest BCUT2D eigenvalue weighted by atomic mass is 127. The first-order chi connectivity index (χ1) is 39.5. The number of carboxylic acids is 2. The molecule has 0 aliphatic heterocycles. The van der Waals surface area contributed by atoms with E-state index < -0.39 is 92.7 Å². The SMILES string of the molecule is C=C(C)C(C)=O.CC(=O)C(C)C(=O)O.CC(=O)C(C)C(C)=O.CC(=O)C(C)CS(C)(=O)=O.CC(=O)CC(C)=O.CC(CS(C)(=O)=O)C(=O)NO.CC(CS(C)(=O)=O)C(=O)NOCc1ccccc1.CC(CS(C)(=O)=O)C(=O)O.CI.CSCC(C)C(C)=O. The fourth-order valence-corrected chi connectivity index (χ4v) is 9.36. The maximum Gasteiger partial charge on any atom is 0.313 e. The molecule has 0 spiro atoms. The molecule has 6 atom stereocenters. The fraction of sp³-hybridized carbons (Fsp3) is 0.643. The van der Waals surface area contributed by atoms with Gasteiger partial charge in [0.15, 0.2) is 5.78 Å². The first-order valence-electron chi connectivity index (χ1n) is 26.1. The van der Waals surface area contributed by atoms with E-state index in [1.165, 1.54) is 74.7 Å². The smallest absolute Gasteiger partial charge is 0.313 e. The summed E-state index contributed by atoms with van der Waals surface area (Å²) in [5.41, 5.74) is 5.18. The minimum Gasteiger partial charge on any atom is -0.481 e. The highest BCUT2D eigenvalue weighted by molar-refractivity contribution is 14.1. The molecule has 1 rings (SSSR count). The van der Waals surface area contributed by atoms with E-state index in [9.17, 15) is 91.2 Å². The largest absolute Gasteiger partial charge is 0.481 e. The van der Waals surface area contributed by atoms with Gasteiger partial charge in [-0.2, -0.15) is 11.8 Å². The van der Waals surface area contributed by atoms with E-state index in [0.29, 0.717) is 11.4 Å². The summed E-state index contributed by atoms with van der Waals surface area (Å²) in [5, 5.41) is 24.5. The van der Waals surface area contributed by atoms with Gasteiger partial charge < -0.3 is 10.2 Å². The number of sulfone groups is 4. The third-order valence-electron chi connectivity index (χ3n) is 10.00. The minimum absolute atomic E-state index is 0.0394. The van der Waals surface area contributed by atoms with Crippen molar-refractivity contribution in [1.82, 2.24) is 11.0 Å². The van der Waals surface area contributed by atoms with Crippen molar-refractivity contribution in [2.75, 3.05) is 65.0 Å². The number of rotatable bonds is 25. The normalized spacial score (nSPS) is 12.2. The number of aliphatic carboxylic acids is 2. The monoisotopic (exact) mass is 1470 g/mol. The van der Waals surface area contributed by atoms with Crippen LogP contribution in [0.2, 0.25) is 0 Å². The number of Topliss-reactive ketones (excluding diaryl/α,β-unsaturated/α-hetero) is 8. The molecule has 88 heavy (non-hydrogen) atoms. The molecule has 0 bridgehead atoms. The molecule has 514 valence electrons. The maximum atomic E-state index is 11.5. The number of carbonyl (C=O) groups is 12. The first-order valence-corrected chi connectivity index (χ1v) is 37.9. The summed E-state index contributed by atoms with van der Waals surface area (Å²) in [4.78, 5) is 131. The van der Waals surface area contributed by atoms with Gasteiger partial charge in [0.2, 0.25) is 11.8 Å². The Kier molecular flexibility index (Phi) is 64.9. The van der Waals surface area contributed by atoms with Crippen LogP contribution in [0.4, 0.5) is 0 Å². The van der Waals surface area contributed by atoms with E-state index in [4.69, 9.17) is 20.3 Å². The van der Waals surface area contributed by atoms with Gasteiger partial charge in [-0.25, -0.2) is 44.6 Å². The van der Waals surface area contributed by atoms with Crippen molar-refractivity contribution < 1.29 is 111 Å². The van der Waals surface area contributed by atoms with Gasteiger partial charge in [0, 0.05) is 42.6 Å². The Labute approximate surface area is 540 Å². The Balaban J connectivity index is -0.000000116. The van der Waals surface area contributed by atoms with Gasteiger partial charge in [-0.3, -0.25) is 67.6 Å². The van der Waals surface area contributed by atoms with Crippen LogP contribution in [-0.2, 0) is 108 Å². The van der Waals surface area contributed by atoms with Crippen LogP contribution < -0.4 is 11.0 Å². The first kappa shape index (κ1) is 102. The summed E-state index contributed by atoms with van der Waals surface area (Å²) in [7, 11) is -12.5. The second-order valence-corrected chi connectivity index (χ2v) is 29.8. The molecule has 1 aromatic carbocycles. The zero-order valence-electron chi connectivity index (χ0n) is 54.9. The summed E-state index contributed by atoms with van der Waals surface area (Å²) in [6.45, 7) is 27.7. The second-order valence-electron chi connectivity index (χ2n) is 20.1.